The minimum atomic E-state index is -0.989. The van der Waals surface area contributed by atoms with E-state index in [4.69, 9.17) is 11.6 Å². The highest BCUT2D eigenvalue weighted by Gasteiger charge is 2.52. The first kappa shape index (κ1) is 22.7. The molecule has 7 heteroatoms. The Balaban J connectivity index is 1.76. The molecule has 0 spiro atoms. The summed E-state index contributed by atoms with van der Waals surface area (Å²) in [7, 11) is 3.46. The van der Waals surface area contributed by atoms with Gasteiger partial charge in [0.1, 0.15) is 11.2 Å². The average molecular weight is 458 g/mol. The monoisotopic (exact) mass is 457 g/mol. The summed E-state index contributed by atoms with van der Waals surface area (Å²) in [5, 5.41) is 0.289. The second-order valence-corrected chi connectivity index (χ2v) is 9.62. The van der Waals surface area contributed by atoms with Crippen molar-refractivity contribution in [3.63, 3.8) is 0 Å². The first-order valence-electron chi connectivity index (χ1n) is 11.2. The van der Waals surface area contributed by atoms with Crippen LogP contribution in [0.15, 0.2) is 42.6 Å². The Morgan fingerprint density at radius 1 is 1.03 bits per heavy atom. The molecule has 32 heavy (non-hydrogen) atoms. The number of pyridine rings is 1. The summed E-state index contributed by atoms with van der Waals surface area (Å²) >= 11 is 6.44. The summed E-state index contributed by atoms with van der Waals surface area (Å²) in [6.45, 7) is 0.760. The van der Waals surface area contributed by atoms with Crippen LogP contribution < -0.4 is 0 Å². The van der Waals surface area contributed by atoms with Crippen LogP contribution in [-0.2, 0) is 20.4 Å². The average Bonchev–Trinajstić information content (AvgIpc) is 3.29. The maximum atomic E-state index is 15.0. The third-order valence-corrected chi connectivity index (χ3v) is 7.37. The summed E-state index contributed by atoms with van der Waals surface area (Å²) in [6, 6.07) is 10.1. The number of likely N-dealkylation sites (N-methyl/N-ethyl adjacent to an activating group) is 1. The van der Waals surface area contributed by atoms with E-state index in [0.29, 0.717) is 43.5 Å². The molecule has 1 atom stereocenters. The summed E-state index contributed by atoms with van der Waals surface area (Å²) in [6.07, 6.45) is 5.75. The number of benzene rings is 1. The zero-order valence-corrected chi connectivity index (χ0v) is 19.4. The van der Waals surface area contributed by atoms with Gasteiger partial charge in [0.15, 0.2) is 0 Å². The number of halogens is 2. The van der Waals surface area contributed by atoms with E-state index in [1.807, 2.05) is 18.2 Å². The number of hydrogen-bond donors (Lipinski definition) is 0. The van der Waals surface area contributed by atoms with Gasteiger partial charge in [-0.25, -0.2) is 4.39 Å². The fourth-order valence-corrected chi connectivity index (χ4v) is 5.95. The van der Waals surface area contributed by atoms with E-state index >= 15 is 0 Å². The van der Waals surface area contributed by atoms with Crippen LogP contribution in [0.5, 0.6) is 0 Å². The minimum Gasteiger partial charge on any atom is -0.348 e. The Hall–Kier alpha value is -2.47. The van der Waals surface area contributed by atoms with Crippen LogP contribution in [0.1, 0.15) is 49.8 Å². The van der Waals surface area contributed by atoms with Crippen molar-refractivity contribution in [3.8, 4) is 0 Å². The molecule has 2 aliphatic rings. The molecule has 2 fully saturated rings. The highest BCUT2D eigenvalue weighted by atomic mass is 35.5. The van der Waals surface area contributed by atoms with Crippen molar-refractivity contribution in [2.24, 2.45) is 0 Å². The van der Waals surface area contributed by atoms with E-state index in [-0.39, 0.29) is 23.4 Å². The van der Waals surface area contributed by atoms with E-state index in [1.54, 1.807) is 42.2 Å². The summed E-state index contributed by atoms with van der Waals surface area (Å²) in [4.78, 5) is 35.4. The Bertz CT molecular complexity index is 987. The second-order valence-electron chi connectivity index (χ2n) is 9.21. The molecule has 0 radical (unpaired) electrons. The standard InChI is InChI=1S/C25H29ClFN3O2/c1-29(2)22(31)25(20-11-3-6-15-28-20)14-8-16-30(17-25)23(32)24(12-4-5-13-24)21-18(26)9-7-10-19(21)27/h3,6-7,9-11,15H,4-5,8,12-14,16-17H2,1-2H3/t25-/m0/s1. The quantitative estimate of drug-likeness (QED) is 0.686. The number of likely N-dealkylation sites (tertiary alicyclic amines) is 1. The van der Waals surface area contributed by atoms with Gasteiger partial charge in [-0.3, -0.25) is 14.6 Å². The molecule has 2 aromatic rings. The third-order valence-electron chi connectivity index (χ3n) is 7.06. The van der Waals surface area contributed by atoms with Gasteiger partial charge in [-0.05, 0) is 49.9 Å². The number of aromatic nitrogens is 1. The largest absolute Gasteiger partial charge is 0.348 e. The van der Waals surface area contributed by atoms with Crippen LogP contribution in [0.2, 0.25) is 5.02 Å². The molecule has 1 aliphatic heterocycles. The van der Waals surface area contributed by atoms with Crippen molar-refractivity contribution in [1.82, 2.24) is 14.8 Å². The molecule has 0 bridgehead atoms. The normalized spacial score (nSPS) is 22.6. The first-order valence-corrected chi connectivity index (χ1v) is 11.6. The van der Waals surface area contributed by atoms with Gasteiger partial charge in [0.25, 0.3) is 0 Å². The molecule has 2 heterocycles. The number of piperidine rings is 1. The summed E-state index contributed by atoms with van der Waals surface area (Å²) in [5.41, 5.74) is -0.938. The third kappa shape index (κ3) is 3.68. The number of hydrogen-bond acceptors (Lipinski definition) is 3. The van der Waals surface area contributed by atoms with Crippen LogP contribution in [-0.4, -0.2) is 53.8 Å². The van der Waals surface area contributed by atoms with Gasteiger partial charge in [-0.15, -0.1) is 0 Å². The summed E-state index contributed by atoms with van der Waals surface area (Å²) in [5.74, 6) is -0.642. The zero-order chi connectivity index (χ0) is 22.9. The fraction of sp³-hybridized carbons (Fsp3) is 0.480. The van der Waals surface area contributed by atoms with E-state index < -0.39 is 16.6 Å². The molecule has 1 aliphatic carbocycles. The van der Waals surface area contributed by atoms with Crippen molar-refractivity contribution in [1.29, 1.82) is 0 Å². The van der Waals surface area contributed by atoms with Crippen molar-refractivity contribution in [2.75, 3.05) is 27.2 Å². The van der Waals surface area contributed by atoms with Gasteiger partial charge in [0.05, 0.1) is 11.1 Å². The Morgan fingerprint density at radius 3 is 2.38 bits per heavy atom. The topological polar surface area (TPSA) is 53.5 Å². The van der Waals surface area contributed by atoms with E-state index in [9.17, 15) is 14.0 Å². The van der Waals surface area contributed by atoms with E-state index in [0.717, 1.165) is 12.8 Å². The number of carbonyl (C=O) groups excluding carboxylic acids is 2. The summed E-state index contributed by atoms with van der Waals surface area (Å²) < 4.78 is 15.0. The Morgan fingerprint density at radius 2 is 1.75 bits per heavy atom. The molecule has 5 nitrogen and oxygen atoms in total. The van der Waals surface area contributed by atoms with Crippen LogP contribution >= 0.6 is 11.6 Å². The van der Waals surface area contributed by atoms with Crippen LogP contribution in [0, 0.1) is 5.82 Å². The number of nitrogens with zero attached hydrogens (tertiary/aromatic N) is 3. The maximum absolute atomic E-state index is 15.0. The van der Waals surface area contributed by atoms with Crippen LogP contribution in [0.25, 0.3) is 0 Å². The van der Waals surface area contributed by atoms with Gasteiger partial charge in [0, 0.05) is 44.0 Å². The Labute approximate surface area is 193 Å². The molecule has 170 valence electrons. The van der Waals surface area contributed by atoms with E-state index in [1.165, 1.54) is 6.07 Å². The van der Waals surface area contributed by atoms with Gasteiger partial charge >= 0.3 is 0 Å². The number of amides is 2. The fourth-order valence-electron chi connectivity index (χ4n) is 5.60. The molecule has 1 aromatic carbocycles. The van der Waals surface area contributed by atoms with Gasteiger partial charge in [-0.2, -0.15) is 0 Å². The molecular formula is C25H29ClFN3O2. The van der Waals surface area contributed by atoms with Crippen LogP contribution in [0.3, 0.4) is 0 Å². The number of rotatable bonds is 4. The van der Waals surface area contributed by atoms with Gasteiger partial charge in [0.2, 0.25) is 11.8 Å². The lowest BCUT2D eigenvalue weighted by Crippen LogP contribution is -2.59. The van der Waals surface area contributed by atoms with Crippen LogP contribution in [0.4, 0.5) is 4.39 Å². The minimum absolute atomic E-state index is 0.0712. The number of carbonyl (C=O) groups is 2. The molecule has 2 amide bonds. The molecule has 1 saturated carbocycles. The van der Waals surface area contributed by atoms with Gasteiger partial charge in [-0.1, -0.05) is 36.6 Å². The molecule has 1 saturated heterocycles. The predicted molar refractivity (Wildman–Crippen MR) is 122 cm³/mol. The second kappa shape index (κ2) is 8.81. The molecule has 0 N–H and O–H groups in total. The predicted octanol–water partition coefficient (Wildman–Crippen LogP) is 4.33. The maximum Gasteiger partial charge on any atom is 0.236 e. The highest BCUT2D eigenvalue weighted by Crippen LogP contribution is 2.47. The molecular weight excluding hydrogens is 429 g/mol. The first-order chi connectivity index (χ1) is 15.3. The van der Waals surface area contributed by atoms with E-state index in [2.05, 4.69) is 4.98 Å². The highest BCUT2D eigenvalue weighted by molar-refractivity contribution is 6.31. The van der Waals surface area contributed by atoms with Crippen molar-refractivity contribution < 1.29 is 14.0 Å². The van der Waals surface area contributed by atoms with Crippen molar-refractivity contribution in [3.05, 3.63) is 64.7 Å². The van der Waals surface area contributed by atoms with Crippen molar-refractivity contribution >= 4 is 23.4 Å². The lowest BCUT2D eigenvalue weighted by molar-refractivity contribution is -0.145. The SMILES string of the molecule is CN(C)C(=O)[C@@]1(c2ccccn2)CCCN(C(=O)C2(c3c(F)cccc3Cl)CCCC2)C1. The Kier molecular flexibility index (Phi) is 6.26. The lowest BCUT2D eigenvalue weighted by atomic mass is 9.72. The lowest BCUT2D eigenvalue weighted by Gasteiger charge is -2.45. The van der Waals surface area contributed by atoms with Crippen molar-refractivity contribution in [2.45, 2.75) is 49.4 Å². The smallest absolute Gasteiger partial charge is 0.236 e. The molecule has 4 rings (SSSR count). The van der Waals surface area contributed by atoms with Gasteiger partial charge < -0.3 is 9.80 Å². The molecule has 1 aromatic heterocycles. The molecule has 0 unspecified atom stereocenters. The zero-order valence-electron chi connectivity index (χ0n) is 18.6.